The second-order valence-electron chi connectivity index (χ2n) is 4.06. The molecule has 0 saturated carbocycles. The predicted molar refractivity (Wildman–Crippen MR) is 71.4 cm³/mol. The maximum Gasteiger partial charge on any atom is 0.252 e. The quantitative estimate of drug-likeness (QED) is 0.775. The van der Waals surface area contributed by atoms with E-state index in [0.717, 1.165) is 0 Å². The number of nitrogens with zero attached hydrogens (tertiary/aromatic N) is 2. The van der Waals surface area contributed by atoms with Gasteiger partial charge in [0.1, 0.15) is 12.5 Å². The zero-order valence-corrected chi connectivity index (χ0v) is 12.0. The van der Waals surface area contributed by atoms with Crippen LogP contribution in [0.2, 0.25) is 5.02 Å². The molecule has 1 heterocycles. The summed E-state index contributed by atoms with van der Waals surface area (Å²) in [6.45, 7) is 2.21. The normalized spacial score (nSPS) is 16.0. The van der Waals surface area contributed by atoms with E-state index in [4.69, 9.17) is 11.6 Å². The highest BCUT2D eigenvalue weighted by atomic mass is 79.9. The van der Waals surface area contributed by atoms with Gasteiger partial charge in [0.15, 0.2) is 0 Å². The highest BCUT2D eigenvalue weighted by Crippen LogP contribution is 2.23. The molecule has 0 radical (unpaired) electrons. The molecule has 0 saturated heterocycles. The first kappa shape index (κ1) is 13.4. The van der Waals surface area contributed by atoms with Gasteiger partial charge in [-0.05, 0) is 19.1 Å². The number of rotatable bonds is 2. The maximum absolute atomic E-state index is 13.7. The molecule has 1 aromatic carbocycles. The van der Waals surface area contributed by atoms with Gasteiger partial charge in [0.25, 0.3) is 5.91 Å². The van der Waals surface area contributed by atoms with E-state index in [1.807, 2.05) is 0 Å². The van der Waals surface area contributed by atoms with Gasteiger partial charge in [-0.15, -0.1) is 0 Å². The molecule has 1 aliphatic heterocycles. The summed E-state index contributed by atoms with van der Waals surface area (Å²) < 4.78 is 15.4. The van der Waals surface area contributed by atoms with Gasteiger partial charge in [-0.25, -0.2) is 4.39 Å². The third-order valence-electron chi connectivity index (χ3n) is 2.67. The van der Waals surface area contributed by atoms with Crippen molar-refractivity contribution in [3.8, 4) is 0 Å². The van der Waals surface area contributed by atoms with Crippen molar-refractivity contribution < 1.29 is 9.18 Å². The first-order chi connectivity index (χ1) is 8.49. The van der Waals surface area contributed by atoms with Crippen molar-refractivity contribution in [1.82, 2.24) is 8.83 Å². The zero-order valence-electron chi connectivity index (χ0n) is 9.66. The number of amides is 1. The van der Waals surface area contributed by atoms with Crippen molar-refractivity contribution in [2.24, 2.45) is 0 Å². The molecule has 18 heavy (non-hydrogen) atoms. The summed E-state index contributed by atoms with van der Waals surface area (Å²) in [5.74, 6) is -0.520. The van der Waals surface area contributed by atoms with E-state index in [1.165, 1.54) is 11.0 Å². The summed E-state index contributed by atoms with van der Waals surface area (Å²) >= 11 is 9.23. The number of benzene rings is 1. The fourth-order valence-electron chi connectivity index (χ4n) is 1.78. The van der Waals surface area contributed by atoms with Gasteiger partial charge in [-0.2, -0.15) is 0 Å². The van der Waals surface area contributed by atoms with Crippen molar-refractivity contribution in [2.75, 3.05) is 6.67 Å². The van der Waals surface area contributed by atoms with Crippen LogP contribution in [0.1, 0.15) is 12.5 Å². The second kappa shape index (κ2) is 5.28. The summed E-state index contributed by atoms with van der Waals surface area (Å²) in [4.78, 5) is 13.5. The zero-order chi connectivity index (χ0) is 13.3. The average molecular weight is 334 g/mol. The maximum atomic E-state index is 13.7. The smallest absolute Gasteiger partial charge is 0.252 e. The topological polar surface area (TPSA) is 23.6 Å². The van der Waals surface area contributed by atoms with Gasteiger partial charge >= 0.3 is 0 Å². The standard InChI is InChI=1S/C12H11BrClFN2O/c1-8-5-17(13)7-16(12(8)18)6-9-10(14)3-2-4-11(9)15/h2-5H,6-7H2,1H3. The number of carbonyl (C=O) groups excluding carboxylic acids is 1. The molecule has 0 N–H and O–H groups in total. The molecule has 0 fully saturated rings. The molecule has 0 spiro atoms. The van der Waals surface area contributed by atoms with Crippen LogP contribution < -0.4 is 0 Å². The molecule has 3 nitrogen and oxygen atoms in total. The van der Waals surface area contributed by atoms with Gasteiger partial charge in [-0.1, -0.05) is 17.7 Å². The highest BCUT2D eigenvalue weighted by molar-refractivity contribution is 9.07. The van der Waals surface area contributed by atoms with Crippen LogP contribution in [0.3, 0.4) is 0 Å². The van der Waals surface area contributed by atoms with E-state index < -0.39 is 5.82 Å². The van der Waals surface area contributed by atoms with Crippen LogP contribution in [0, 0.1) is 5.82 Å². The highest BCUT2D eigenvalue weighted by Gasteiger charge is 2.24. The predicted octanol–water partition coefficient (Wildman–Crippen LogP) is 3.29. The Morgan fingerprint density at radius 2 is 2.22 bits per heavy atom. The molecule has 1 aromatic rings. The Hall–Kier alpha value is -1.07. The number of hydrogen-bond acceptors (Lipinski definition) is 2. The minimum atomic E-state index is -0.399. The van der Waals surface area contributed by atoms with Crippen molar-refractivity contribution in [3.63, 3.8) is 0 Å². The molecule has 0 aromatic heterocycles. The molecule has 0 bridgehead atoms. The first-order valence-corrected chi connectivity index (χ1v) is 6.41. The molecule has 2 rings (SSSR count). The minimum Gasteiger partial charge on any atom is -0.316 e. The lowest BCUT2D eigenvalue weighted by Gasteiger charge is -2.31. The third kappa shape index (κ3) is 2.67. The van der Waals surface area contributed by atoms with E-state index in [1.54, 1.807) is 29.2 Å². The van der Waals surface area contributed by atoms with Crippen LogP contribution in [-0.4, -0.2) is 21.4 Å². The molecule has 96 valence electrons. The Morgan fingerprint density at radius 3 is 2.89 bits per heavy atom. The van der Waals surface area contributed by atoms with E-state index in [2.05, 4.69) is 16.1 Å². The average Bonchev–Trinajstić information content (AvgIpc) is 2.30. The molecular weight excluding hydrogens is 323 g/mol. The second-order valence-corrected chi connectivity index (χ2v) is 5.37. The largest absolute Gasteiger partial charge is 0.316 e. The third-order valence-corrected chi connectivity index (χ3v) is 3.46. The van der Waals surface area contributed by atoms with E-state index in [9.17, 15) is 9.18 Å². The van der Waals surface area contributed by atoms with Crippen molar-refractivity contribution in [1.29, 1.82) is 0 Å². The van der Waals surface area contributed by atoms with E-state index >= 15 is 0 Å². The summed E-state index contributed by atoms with van der Waals surface area (Å²) in [5.41, 5.74) is 0.925. The molecule has 0 aliphatic carbocycles. The Balaban J connectivity index is 2.25. The molecule has 1 aliphatic rings. The summed E-state index contributed by atoms with van der Waals surface area (Å²) in [6.07, 6.45) is 1.70. The fourth-order valence-corrected chi connectivity index (χ4v) is 2.58. The lowest BCUT2D eigenvalue weighted by molar-refractivity contribution is -0.129. The van der Waals surface area contributed by atoms with Crippen molar-refractivity contribution in [3.05, 3.63) is 46.4 Å². The van der Waals surface area contributed by atoms with E-state index in [0.29, 0.717) is 22.8 Å². The summed E-state index contributed by atoms with van der Waals surface area (Å²) in [5, 5.41) is 0.330. The van der Waals surface area contributed by atoms with Crippen LogP contribution in [-0.2, 0) is 11.3 Å². The lowest BCUT2D eigenvalue weighted by atomic mass is 10.1. The van der Waals surface area contributed by atoms with E-state index in [-0.39, 0.29) is 12.5 Å². The summed E-state index contributed by atoms with van der Waals surface area (Å²) in [6, 6.07) is 4.49. The van der Waals surface area contributed by atoms with Gasteiger partial charge < -0.3 is 4.90 Å². The van der Waals surface area contributed by atoms with Crippen LogP contribution >= 0.6 is 27.7 Å². The Morgan fingerprint density at radius 1 is 1.50 bits per heavy atom. The van der Waals surface area contributed by atoms with Crippen LogP contribution in [0.4, 0.5) is 4.39 Å². The number of carbonyl (C=O) groups is 1. The fraction of sp³-hybridized carbons (Fsp3) is 0.250. The Labute approximate surface area is 118 Å². The Kier molecular flexibility index (Phi) is 3.92. The van der Waals surface area contributed by atoms with Crippen LogP contribution in [0.5, 0.6) is 0 Å². The monoisotopic (exact) mass is 332 g/mol. The molecule has 0 unspecified atom stereocenters. The summed E-state index contributed by atoms with van der Waals surface area (Å²) in [7, 11) is 0. The van der Waals surface area contributed by atoms with Crippen molar-refractivity contribution >= 4 is 33.7 Å². The Bertz CT molecular complexity index is 501. The van der Waals surface area contributed by atoms with Crippen LogP contribution in [0.25, 0.3) is 0 Å². The molecule has 6 heteroatoms. The van der Waals surface area contributed by atoms with Gasteiger partial charge in [0.05, 0.1) is 22.7 Å². The molecule has 1 amide bonds. The molecule has 0 atom stereocenters. The lowest BCUT2D eigenvalue weighted by Crippen LogP contribution is -2.40. The van der Waals surface area contributed by atoms with Crippen LogP contribution in [0.15, 0.2) is 30.0 Å². The minimum absolute atomic E-state index is 0.120. The molecular formula is C12H11BrClFN2O. The first-order valence-electron chi connectivity index (χ1n) is 5.32. The van der Waals surface area contributed by atoms with Gasteiger partial charge in [0.2, 0.25) is 0 Å². The SMILES string of the molecule is CC1=CN(Br)CN(Cc2c(F)cccc2Cl)C1=O. The number of hydrogen-bond donors (Lipinski definition) is 0. The van der Waals surface area contributed by atoms with Gasteiger partial charge in [-0.3, -0.25) is 8.72 Å². The van der Waals surface area contributed by atoms with Crippen molar-refractivity contribution in [2.45, 2.75) is 13.5 Å². The van der Waals surface area contributed by atoms with Gasteiger partial charge in [0, 0.05) is 22.4 Å². The number of halogens is 3.